The molecule has 4 heteroatoms. The highest BCUT2D eigenvalue weighted by Gasteiger charge is 2.16. The molecule has 0 aliphatic rings. The number of hydrogen-bond acceptors (Lipinski definition) is 2. The van der Waals surface area contributed by atoms with E-state index in [1.54, 1.807) is 15.9 Å². The Balaban J connectivity index is 0.000000847. The maximum absolute atomic E-state index is 12.4. The molecular weight excluding hydrogens is 292 g/mol. The quantitative estimate of drug-likeness (QED) is 0.688. The van der Waals surface area contributed by atoms with Gasteiger partial charge in [-0.25, -0.2) is 4.79 Å². The Morgan fingerprint density at radius 1 is 1.05 bits per heavy atom. The van der Waals surface area contributed by atoms with E-state index in [0.29, 0.717) is 6.54 Å². The van der Waals surface area contributed by atoms with Crippen molar-refractivity contribution in [2.75, 3.05) is 0 Å². The molecule has 0 unspecified atom stereocenters. The van der Waals surface area contributed by atoms with Gasteiger partial charge in [0, 0.05) is 11.9 Å². The zero-order valence-electron chi connectivity index (χ0n) is 14.2. The molecule has 0 fully saturated rings. The first-order valence-electron chi connectivity index (χ1n) is 7.70. The fraction of sp³-hybridized carbons (Fsp3) is 0.389. The Morgan fingerprint density at radius 2 is 1.64 bits per heavy atom. The smallest absolute Gasteiger partial charge is 0.294 e. The Labute approximate surface area is 135 Å². The summed E-state index contributed by atoms with van der Waals surface area (Å²) in [6.45, 7) is 10.9. The van der Waals surface area contributed by atoms with Crippen molar-refractivity contribution < 1.29 is 0 Å². The Kier molecular flexibility index (Phi) is 4.91. The third-order valence-electron chi connectivity index (χ3n) is 3.90. The fourth-order valence-electron chi connectivity index (χ4n) is 2.55. The van der Waals surface area contributed by atoms with Crippen LogP contribution < -0.4 is 5.69 Å². The normalized spacial score (nSPS) is 10.6. The van der Waals surface area contributed by atoms with Gasteiger partial charge in [0.05, 0.1) is 12.1 Å². The van der Waals surface area contributed by atoms with Crippen molar-refractivity contribution >= 4 is 21.7 Å². The lowest BCUT2D eigenvalue weighted by molar-refractivity contribution is 0.737. The van der Waals surface area contributed by atoms with Crippen LogP contribution in [-0.4, -0.2) is 9.13 Å². The van der Waals surface area contributed by atoms with Gasteiger partial charge in [-0.2, -0.15) is 0 Å². The molecule has 0 saturated heterocycles. The molecule has 3 rings (SSSR count). The van der Waals surface area contributed by atoms with E-state index >= 15 is 0 Å². The summed E-state index contributed by atoms with van der Waals surface area (Å²) in [5.74, 6) is 0. The fourth-order valence-corrected chi connectivity index (χ4v) is 3.73. The van der Waals surface area contributed by atoms with Crippen LogP contribution in [0.25, 0.3) is 10.3 Å². The second kappa shape index (κ2) is 6.53. The third kappa shape index (κ3) is 2.75. The van der Waals surface area contributed by atoms with E-state index in [1.165, 1.54) is 16.0 Å². The van der Waals surface area contributed by atoms with Gasteiger partial charge in [-0.1, -0.05) is 43.7 Å². The van der Waals surface area contributed by atoms with E-state index in [2.05, 4.69) is 45.0 Å². The summed E-state index contributed by atoms with van der Waals surface area (Å²) in [5.41, 5.74) is 4.75. The Hall–Kier alpha value is -1.81. The summed E-state index contributed by atoms with van der Waals surface area (Å²) in [4.78, 5) is 14.8. The van der Waals surface area contributed by atoms with Crippen LogP contribution in [0.15, 0.2) is 29.1 Å². The zero-order valence-corrected chi connectivity index (χ0v) is 15.0. The molecule has 2 heterocycles. The van der Waals surface area contributed by atoms with Crippen molar-refractivity contribution in [2.45, 2.75) is 41.2 Å². The molecule has 3 aromatic rings. The van der Waals surface area contributed by atoms with Crippen molar-refractivity contribution in [1.82, 2.24) is 9.13 Å². The van der Waals surface area contributed by atoms with Crippen molar-refractivity contribution in [3.63, 3.8) is 0 Å². The summed E-state index contributed by atoms with van der Waals surface area (Å²) in [6, 6.07) is 8.36. The maximum Gasteiger partial charge on any atom is 0.329 e. The largest absolute Gasteiger partial charge is 0.329 e. The number of rotatable bonds is 2. The van der Waals surface area contributed by atoms with Gasteiger partial charge in [-0.05, 0) is 31.9 Å². The molecular formula is C18H24N2OS. The Bertz CT molecular complexity index is 835. The predicted octanol–water partition coefficient (Wildman–Crippen LogP) is 4.40. The highest BCUT2D eigenvalue weighted by Crippen LogP contribution is 2.29. The standard InChI is InChI=1S/C16H18N2OS.C2H6/c1-10-5-7-13(8-6-10)9-18-15-14(17(4)16(18)19)11(2)12(3)20-15;1-2/h5-8H,9H2,1-4H3;1-2H3. The number of nitrogens with zero attached hydrogens (tertiary/aromatic N) is 2. The van der Waals surface area contributed by atoms with Gasteiger partial charge in [-0.3, -0.25) is 9.13 Å². The average Bonchev–Trinajstić information content (AvgIpc) is 2.93. The summed E-state index contributed by atoms with van der Waals surface area (Å²) < 4.78 is 3.65. The van der Waals surface area contributed by atoms with Crippen molar-refractivity contribution in [3.05, 3.63) is 56.3 Å². The van der Waals surface area contributed by atoms with Gasteiger partial charge in [-0.15, -0.1) is 11.3 Å². The highest BCUT2D eigenvalue weighted by atomic mass is 32.1. The van der Waals surface area contributed by atoms with E-state index in [0.717, 1.165) is 15.9 Å². The topological polar surface area (TPSA) is 26.9 Å². The van der Waals surface area contributed by atoms with Crippen LogP contribution in [-0.2, 0) is 13.6 Å². The Morgan fingerprint density at radius 3 is 2.23 bits per heavy atom. The predicted molar refractivity (Wildman–Crippen MR) is 96.2 cm³/mol. The lowest BCUT2D eigenvalue weighted by Gasteiger charge is -2.03. The number of hydrogen-bond donors (Lipinski definition) is 0. The van der Waals surface area contributed by atoms with E-state index in [-0.39, 0.29) is 5.69 Å². The number of fused-ring (bicyclic) bond motifs is 1. The number of imidazole rings is 1. The number of aryl methyl sites for hydroxylation is 4. The maximum atomic E-state index is 12.4. The first-order valence-corrected chi connectivity index (χ1v) is 8.51. The van der Waals surface area contributed by atoms with Crippen LogP contribution >= 0.6 is 11.3 Å². The molecule has 0 aliphatic heterocycles. The summed E-state index contributed by atoms with van der Waals surface area (Å²) >= 11 is 1.70. The molecule has 1 aromatic carbocycles. The van der Waals surface area contributed by atoms with E-state index in [9.17, 15) is 4.79 Å². The number of thiophene rings is 1. The molecule has 0 N–H and O–H groups in total. The molecule has 118 valence electrons. The molecule has 3 nitrogen and oxygen atoms in total. The molecule has 0 radical (unpaired) electrons. The van der Waals surface area contributed by atoms with Crippen LogP contribution in [0.3, 0.4) is 0 Å². The monoisotopic (exact) mass is 316 g/mol. The van der Waals surface area contributed by atoms with Crippen LogP contribution in [0.4, 0.5) is 0 Å². The van der Waals surface area contributed by atoms with Crippen LogP contribution in [0.5, 0.6) is 0 Å². The zero-order chi connectivity index (χ0) is 16.4. The average molecular weight is 316 g/mol. The minimum atomic E-state index is 0.0647. The van der Waals surface area contributed by atoms with Gasteiger partial charge < -0.3 is 0 Å². The third-order valence-corrected chi connectivity index (χ3v) is 5.11. The lowest BCUT2D eigenvalue weighted by atomic mass is 10.1. The van der Waals surface area contributed by atoms with Crippen molar-refractivity contribution in [1.29, 1.82) is 0 Å². The molecule has 0 spiro atoms. The summed E-state index contributed by atoms with van der Waals surface area (Å²) in [7, 11) is 1.86. The highest BCUT2D eigenvalue weighted by molar-refractivity contribution is 7.18. The molecule has 0 saturated carbocycles. The molecule has 0 bridgehead atoms. The minimum absolute atomic E-state index is 0.0647. The van der Waals surface area contributed by atoms with E-state index < -0.39 is 0 Å². The number of aromatic nitrogens is 2. The van der Waals surface area contributed by atoms with Crippen LogP contribution in [0.2, 0.25) is 0 Å². The SMILES string of the molecule is CC.Cc1ccc(Cn2c(=O)n(C)c3c(C)c(C)sc32)cc1. The molecule has 0 aliphatic carbocycles. The second-order valence-corrected chi connectivity index (χ2v) is 6.55. The molecule has 0 atom stereocenters. The van der Waals surface area contributed by atoms with Crippen molar-refractivity contribution in [2.24, 2.45) is 7.05 Å². The molecule has 0 amide bonds. The first-order chi connectivity index (χ1) is 10.5. The summed E-state index contributed by atoms with van der Waals surface area (Å²) in [6.07, 6.45) is 0. The number of benzene rings is 1. The lowest BCUT2D eigenvalue weighted by Crippen LogP contribution is -2.22. The van der Waals surface area contributed by atoms with Crippen LogP contribution in [0, 0.1) is 20.8 Å². The van der Waals surface area contributed by atoms with E-state index in [1.807, 2.05) is 25.5 Å². The van der Waals surface area contributed by atoms with Crippen molar-refractivity contribution in [3.8, 4) is 0 Å². The van der Waals surface area contributed by atoms with Crippen LogP contribution in [0.1, 0.15) is 35.4 Å². The van der Waals surface area contributed by atoms with Gasteiger partial charge in [0.2, 0.25) is 0 Å². The van der Waals surface area contributed by atoms with Gasteiger partial charge in [0.15, 0.2) is 0 Å². The van der Waals surface area contributed by atoms with Gasteiger partial charge >= 0.3 is 5.69 Å². The molecule has 22 heavy (non-hydrogen) atoms. The van der Waals surface area contributed by atoms with Gasteiger partial charge in [0.1, 0.15) is 4.83 Å². The molecule has 2 aromatic heterocycles. The minimum Gasteiger partial charge on any atom is -0.294 e. The summed E-state index contributed by atoms with van der Waals surface area (Å²) in [5, 5.41) is 0. The second-order valence-electron chi connectivity index (χ2n) is 5.35. The van der Waals surface area contributed by atoms with E-state index in [4.69, 9.17) is 0 Å². The van der Waals surface area contributed by atoms with Gasteiger partial charge in [0.25, 0.3) is 0 Å². The first kappa shape index (κ1) is 16.6.